The fourth-order valence-corrected chi connectivity index (χ4v) is 0.543. The molecule has 1 unspecified atom stereocenters. The van der Waals surface area contributed by atoms with Crippen molar-refractivity contribution >= 4 is 11.7 Å². The van der Waals surface area contributed by atoms with Gasteiger partial charge in [0, 0.05) is 0 Å². The summed E-state index contributed by atoms with van der Waals surface area (Å²) in [5.41, 5.74) is 3.64. The average molecular weight is 154 g/mol. The van der Waals surface area contributed by atoms with Crippen molar-refractivity contribution in [1.82, 2.24) is 0 Å². The van der Waals surface area contributed by atoms with Crippen LogP contribution in [0.25, 0.3) is 0 Å². The summed E-state index contributed by atoms with van der Waals surface area (Å²) in [4.78, 5) is 21.5. The summed E-state index contributed by atoms with van der Waals surface area (Å²) < 4.78 is 0. The number of nitriles is 1. The van der Waals surface area contributed by atoms with Gasteiger partial charge in [0.25, 0.3) is 0 Å². The number of carbonyl (C=O) groups is 2. The molecule has 0 heterocycles. The summed E-state index contributed by atoms with van der Waals surface area (Å²) in [6, 6.07) is 1.75. The molecule has 0 saturated carbocycles. The molecule has 0 aliphatic carbocycles. The third-order valence-corrected chi connectivity index (χ3v) is 1.75. The van der Waals surface area contributed by atoms with Gasteiger partial charge < -0.3 is 5.73 Å². The predicted molar refractivity (Wildman–Crippen MR) is 38.2 cm³/mol. The number of amides is 1. The molecule has 0 aromatic rings. The van der Waals surface area contributed by atoms with E-state index in [9.17, 15) is 9.59 Å². The van der Waals surface area contributed by atoms with Crippen LogP contribution in [0.4, 0.5) is 0 Å². The first-order chi connectivity index (χ1) is 4.95. The molecule has 0 bridgehead atoms. The highest BCUT2D eigenvalue weighted by Crippen LogP contribution is 2.20. The van der Waals surface area contributed by atoms with Gasteiger partial charge in [0.2, 0.25) is 5.91 Å². The minimum atomic E-state index is -1.31. The van der Waals surface area contributed by atoms with Gasteiger partial charge in [-0.2, -0.15) is 5.26 Å². The number of hydrogen-bond donors (Lipinski definition) is 1. The molecular formula is C7H10N2O2. The van der Waals surface area contributed by atoms with Crippen LogP contribution in [0, 0.1) is 16.7 Å². The summed E-state index contributed by atoms with van der Waals surface area (Å²) in [5.74, 6) is -1.11. The molecule has 0 aromatic heterocycles. The van der Waals surface area contributed by atoms with Crippen molar-refractivity contribution in [3.05, 3.63) is 0 Å². The average Bonchev–Trinajstić information content (AvgIpc) is 1.87. The molecule has 11 heavy (non-hydrogen) atoms. The Morgan fingerprint density at radius 3 is 2.18 bits per heavy atom. The topological polar surface area (TPSA) is 83.9 Å². The Morgan fingerprint density at radius 1 is 1.64 bits per heavy atom. The Morgan fingerprint density at radius 2 is 2.09 bits per heavy atom. The largest absolute Gasteiger partial charge is 0.369 e. The molecular weight excluding hydrogens is 144 g/mol. The molecule has 1 atom stereocenters. The van der Waals surface area contributed by atoms with Gasteiger partial charge in [0.05, 0.1) is 12.5 Å². The molecule has 0 aliphatic heterocycles. The van der Waals surface area contributed by atoms with Crippen LogP contribution < -0.4 is 5.73 Å². The maximum atomic E-state index is 10.8. The predicted octanol–water partition coefficient (Wildman–Crippen LogP) is -0.0193. The first kappa shape index (κ1) is 9.63. The number of primary amides is 1. The van der Waals surface area contributed by atoms with Crippen LogP contribution in [0.1, 0.15) is 20.3 Å². The van der Waals surface area contributed by atoms with Crippen molar-refractivity contribution in [2.24, 2.45) is 11.1 Å². The first-order valence-corrected chi connectivity index (χ1v) is 3.13. The molecule has 0 aliphatic rings. The summed E-state index contributed by atoms with van der Waals surface area (Å²) in [6.45, 7) is 2.63. The molecule has 4 nitrogen and oxygen atoms in total. The lowest BCUT2D eigenvalue weighted by atomic mass is 9.83. The number of ketones is 1. The molecule has 0 aromatic carbocycles. The molecule has 0 fully saturated rings. The van der Waals surface area contributed by atoms with Crippen molar-refractivity contribution in [2.45, 2.75) is 20.3 Å². The van der Waals surface area contributed by atoms with E-state index in [1.165, 1.54) is 13.8 Å². The second-order valence-corrected chi connectivity index (χ2v) is 2.59. The van der Waals surface area contributed by atoms with E-state index in [1.54, 1.807) is 6.07 Å². The van der Waals surface area contributed by atoms with E-state index in [1.807, 2.05) is 0 Å². The summed E-state index contributed by atoms with van der Waals surface area (Å²) in [7, 11) is 0. The maximum Gasteiger partial charge on any atom is 0.231 e. The van der Waals surface area contributed by atoms with Gasteiger partial charge in [-0.05, 0) is 13.8 Å². The van der Waals surface area contributed by atoms with E-state index >= 15 is 0 Å². The number of carbonyl (C=O) groups excluding carboxylic acids is 2. The second-order valence-electron chi connectivity index (χ2n) is 2.59. The molecule has 0 saturated heterocycles. The van der Waals surface area contributed by atoms with Crippen LogP contribution in [-0.2, 0) is 9.59 Å². The zero-order valence-electron chi connectivity index (χ0n) is 6.55. The van der Waals surface area contributed by atoms with Gasteiger partial charge in [-0.25, -0.2) is 0 Å². The van der Waals surface area contributed by atoms with E-state index in [0.717, 1.165) is 0 Å². The van der Waals surface area contributed by atoms with Crippen LogP contribution in [0.15, 0.2) is 0 Å². The van der Waals surface area contributed by atoms with Gasteiger partial charge in [0.15, 0.2) is 0 Å². The van der Waals surface area contributed by atoms with Crippen molar-refractivity contribution in [2.75, 3.05) is 0 Å². The van der Waals surface area contributed by atoms with E-state index in [0.29, 0.717) is 0 Å². The lowest BCUT2D eigenvalue weighted by Crippen LogP contribution is -2.39. The lowest BCUT2D eigenvalue weighted by molar-refractivity contribution is -0.137. The minimum Gasteiger partial charge on any atom is -0.369 e. The van der Waals surface area contributed by atoms with Crippen LogP contribution in [-0.4, -0.2) is 11.7 Å². The maximum absolute atomic E-state index is 10.8. The fourth-order valence-electron chi connectivity index (χ4n) is 0.543. The van der Waals surface area contributed by atoms with Gasteiger partial charge in [-0.1, -0.05) is 0 Å². The molecule has 4 heteroatoms. The normalized spacial score (nSPS) is 14.6. The van der Waals surface area contributed by atoms with E-state index < -0.39 is 11.3 Å². The van der Waals surface area contributed by atoms with Crippen molar-refractivity contribution in [3.63, 3.8) is 0 Å². The number of rotatable bonds is 3. The Bertz CT molecular complexity index is 213. The Labute approximate surface area is 65.0 Å². The second kappa shape index (κ2) is 3.15. The highest BCUT2D eigenvalue weighted by molar-refractivity contribution is 6.04. The van der Waals surface area contributed by atoms with Gasteiger partial charge >= 0.3 is 0 Å². The van der Waals surface area contributed by atoms with Crippen LogP contribution >= 0.6 is 0 Å². The van der Waals surface area contributed by atoms with Crippen molar-refractivity contribution < 1.29 is 9.59 Å². The summed E-state index contributed by atoms with van der Waals surface area (Å²) >= 11 is 0. The first-order valence-electron chi connectivity index (χ1n) is 3.13. The fraction of sp³-hybridized carbons (Fsp3) is 0.571. The third-order valence-electron chi connectivity index (χ3n) is 1.75. The Kier molecular flexibility index (Phi) is 2.76. The smallest absolute Gasteiger partial charge is 0.231 e. The highest BCUT2D eigenvalue weighted by Gasteiger charge is 2.35. The summed E-state index contributed by atoms with van der Waals surface area (Å²) in [5, 5.41) is 8.29. The van der Waals surface area contributed by atoms with E-state index in [4.69, 9.17) is 11.0 Å². The van der Waals surface area contributed by atoms with Gasteiger partial charge in [0.1, 0.15) is 11.2 Å². The molecule has 60 valence electrons. The van der Waals surface area contributed by atoms with Crippen LogP contribution in [0.5, 0.6) is 0 Å². The SMILES string of the molecule is CC(=O)C(C)(CC#N)C(N)=O. The molecule has 0 rings (SSSR count). The van der Waals surface area contributed by atoms with Crippen molar-refractivity contribution in [3.8, 4) is 6.07 Å². The number of nitrogens with two attached hydrogens (primary N) is 1. The quantitative estimate of drug-likeness (QED) is 0.580. The molecule has 0 radical (unpaired) electrons. The molecule has 2 N–H and O–H groups in total. The zero-order chi connectivity index (χ0) is 9.07. The van der Waals surface area contributed by atoms with Crippen LogP contribution in [0.2, 0.25) is 0 Å². The zero-order valence-corrected chi connectivity index (χ0v) is 6.55. The molecule has 1 amide bonds. The van der Waals surface area contributed by atoms with Gasteiger partial charge in [-0.3, -0.25) is 9.59 Å². The number of Topliss-reactive ketones (excluding diaryl/α,β-unsaturated/α-hetero) is 1. The molecule has 0 spiro atoms. The minimum absolute atomic E-state index is 0.155. The highest BCUT2D eigenvalue weighted by atomic mass is 16.2. The number of hydrogen-bond acceptors (Lipinski definition) is 3. The standard InChI is InChI=1S/C7H10N2O2/c1-5(10)7(2,3-4-8)6(9)11/h3H2,1-2H3,(H2,9,11). The van der Waals surface area contributed by atoms with E-state index in [-0.39, 0.29) is 12.2 Å². The van der Waals surface area contributed by atoms with Crippen LogP contribution in [0.3, 0.4) is 0 Å². The lowest BCUT2D eigenvalue weighted by Gasteiger charge is -2.18. The van der Waals surface area contributed by atoms with Gasteiger partial charge in [-0.15, -0.1) is 0 Å². The Hall–Kier alpha value is -1.37. The Balaban J connectivity index is 4.70. The van der Waals surface area contributed by atoms with E-state index in [2.05, 4.69) is 0 Å². The third kappa shape index (κ3) is 1.77. The number of nitrogens with zero attached hydrogens (tertiary/aromatic N) is 1. The monoisotopic (exact) mass is 154 g/mol. The summed E-state index contributed by atoms with van der Waals surface area (Å²) in [6.07, 6.45) is -0.155. The van der Waals surface area contributed by atoms with Crippen molar-refractivity contribution in [1.29, 1.82) is 5.26 Å².